The summed E-state index contributed by atoms with van der Waals surface area (Å²) in [4.78, 5) is 10.5. The maximum absolute atomic E-state index is 10.5. The Balaban J connectivity index is 3.26. The van der Waals surface area contributed by atoms with Gasteiger partial charge in [-0.15, -0.1) is 0 Å². The van der Waals surface area contributed by atoms with Crippen LogP contribution in [0.1, 0.15) is 6.92 Å². The van der Waals surface area contributed by atoms with Crippen LogP contribution in [-0.4, -0.2) is 11.1 Å². The van der Waals surface area contributed by atoms with Crippen LogP contribution in [0.4, 0.5) is 0 Å². The lowest BCUT2D eigenvalue weighted by Gasteiger charge is -2.01. The highest BCUT2D eigenvalue weighted by molar-refractivity contribution is 6.33. The Hall–Kier alpha value is -1.20. The van der Waals surface area contributed by atoms with Gasteiger partial charge in [-0.2, -0.15) is 0 Å². The third-order valence-corrected chi connectivity index (χ3v) is 1.58. The normalized spacial score (nSPS) is 15.3. The molecule has 0 fully saturated rings. The van der Waals surface area contributed by atoms with Gasteiger partial charge < -0.3 is 5.11 Å². The number of carboxylic acid groups (broad SMARTS) is 1. The van der Waals surface area contributed by atoms with Gasteiger partial charge in [0.05, 0.1) is 10.6 Å². The van der Waals surface area contributed by atoms with Crippen LogP contribution in [0.25, 0.3) is 0 Å². The molecule has 0 amide bonds. The summed E-state index contributed by atoms with van der Waals surface area (Å²) < 4.78 is 0. The molecule has 0 spiro atoms. The van der Waals surface area contributed by atoms with Gasteiger partial charge in [-0.25, -0.2) is 4.79 Å². The largest absolute Gasteiger partial charge is 0.478 e. The molecule has 0 saturated heterocycles. The zero-order valence-electron chi connectivity index (χ0n) is 5.81. The Morgan fingerprint density at radius 1 is 1.73 bits per heavy atom. The van der Waals surface area contributed by atoms with Crippen molar-refractivity contribution in [1.29, 1.82) is 0 Å². The third-order valence-electron chi connectivity index (χ3n) is 1.29. The van der Waals surface area contributed by atoms with E-state index < -0.39 is 5.97 Å². The highest BCUT2D eigenvalue weighted by Crippen LogP contribution is 2.20. The summed E-state index contributed by atoms with van der Waals surface area (Å²) in [6, 6.07) is 0. The monoisotopic (exact) mass is 168 g/mol. The molecule has 0 bridgehead atoms. The number of carboxylic acids is 1. The number of allylic oxidation sites excluding steroid dienone is 2. The van der Waals surface area contributed by atoms with Crippen molar-refractivity contribution in [3.63, 3.8) is 0 Å². The maximum Gasteiger partial charge on any atom is 0.338 e. The highest BCUT2D eigenvalue weighted by atomic mass is 35.5. The lowest BCUT2D eigenvalue weighted by atomic mass is 10.1. The summed E-state index contributed by atoms with van der Waals surface area (Å²) in [7, 11) is 0. The zero-order chi connectivity index (χ0) is 8.43. The second-order valence-corrected chi connectivity index (χ2v) is 2.47. The molecule has 0 aromatic carbocycles. The van der Waals surface area contributed by atoms with Gasteiger partial charge in [0.1, 0.15) is 0 Å². The molecular formula is C8H5ClO2. The quantitative estimate of drug-likeness (QED) is 0.607. The van der Waals surface area contributed by atoms with Crippen LogP contribution in [0.2, 0.25) is 0 Å². The predicted molar refractivity (Wildman–Crippen MR) is 41.3 cm³/mol. The SMILES string of the molecule is CC1=C=C=CC(Cl)=C1C(=O)O. The van der Waals surface area contributed by atoms with Crippen LogP contribution in [0.3, 0.4) is 0 Å². The molecule has 1 N–H and O–H groups in total. The molecule has 11 heavy (non-hydrogen) atoms. The number of hydrogen-bond donors (Lipinski definition) is 1. The second-order valence-electron chi connectivity index (χ2n) is 2.07. The van der Waals surface area contributed by atoms with Gasteiger partial charge in [-0.05, 0) is 6.92 Å². The first-order valence-corrected chi connectivity index (χ1v) is 3.32. The van der Waals surface area contributed by atoms with Gasteiger partial charge in [-0.3, -0.25) is 0 Å². The summed E-state index contributed by atoms with van der Waals surface area (Å²) in [5, 5.41) is 8.83. The van der Waals surface area contributed by atoms with Crippen molar-refractivity contribution in [1.82, 2.24) is 0 Å². The molecule has 2 nitrogen and oxygen atoms in total. The molecule has 0 radical (unpaired) electrons. The first-order valence-electron chi connectivity index (χ1n) is 2.94. The van der Waals surface area contributed by atoms with Crippen molar-refractivity contribution < 1.29 is 9.90 Å². The molecule has 0 saturated carbocycles. The van der Waals surface area contributed by atoms with E-state index in [9.17, 15) is 4.79 Å². The van der Waals surface area contributed by atoms with Gasteiger partial charge in [-0.1, -0.05) is 23.1 Å². The van der Waals surface area contributed by atoms with Crippen molar-refractivity contribution in [2.24, 2.45) is 0 Å². The molecule has 3 heteroatoms. The van der Waals surface area contributed by atoms with Gasteiger partial charge in [0, 0.05) is 11.6 Å². The number of halogens is 1. The van der Waals surface area contributed by atoms with Crippen LogP contribution in [0, 0.1) is 0 Å². The van der Waals surface area contributed by atoms with Crippen LogP contribution >= 0.6 is 11.6 Å². The average Bonchev–Trinajstić information content (AvgIpc) is 1.85. The first-order chi connectivity index (χ1) is 5.13. The van der Waals surface area contributed by atoms with Gasteiger partial charge >= 0.3 is 5.97 Å². The van der Waals surface area contributed by atoms with E-state index in [1.807, 2.05) is 0 Å². The minimum atomic E-state index is -1.03. The Bertz CT molecular complexity index is 337. The molecule has 1 rings (SSSR count). The highest BCUT2D eigenvalue weighted by Gasteiger charge is 2.14. The summed E-state index contributed by atoms with van der Waals surface area (Å²) in [5.74, 6) is -1.03. The van der Waals surface area contributed by atoms with E-state index in [2.05, 4.69) is 11.5 Å². The lowest BCUT2D eigenvalue weighted by Crippen LogP contribution is -2.03. The standard InChI is InChI=1S/C8H5ClO2/c1-5-3-2-4-6(9)7(5)8(10)11/h4H,1H3,(H,10,11). The van der Waals surface area contributed by atoms with Crippen LogP contribution in [0.15, 0.2) is 33.7 Å². The van der Waals surface area contributed by atoms with Crippen LogP contribution < -0.4 is 0 Å². The van der Waals surface area contributed by atoms with E-state index in [-0.39, 0.29) is 10.6 Å². The molecule has 0 heterocycles. The first kappa shape index (κ1) is 7.90. The molecule has 0 aliphatic heterocycles. The summed E-state index contributed by atoms with van der Waals surface area (Å²) >= 11 is 5.59. The van der Waals surface area contributed by atoms with Crippen molar-refractivity contribution >= 4 is 17.6 Å². The van der Waals surface area contributed by atoms with E-state index >= 15 is 0 Å². The number of carbonyl (C=O) groups is 1. The fourth-order valence-electron chi connectivity index (χ4n) is 0.784. The van der Waals surface area contributed by atoms with Crippen molar-refractivity contribution in [3.05, 3.63) is 33.7 Å². The fraction of sp³-hybridized carbons (Fsp3) is 0.125. The molecule has 0 unspecified atom stereocenters. The van der Waals surface area contributed by atoms with Crippen molar-refractivity contribution in [2.75, 3.05) is 0 Å². The molecule has 0 aromatic rings. The fourth-order valence-corrected chi connectivity index (χ4v) is 1.06. The predicted octanol–water partition coefficient (Wildman–Crippen LogP) is 1.83. The average molecular weight is 169 g/mol. The van der Waals surface area contributed by atoms with Gasteiger partial charge in [0.25, 0.3) is 0 Å². The Labute approximate surface area is 68.8 Å². The summed E-state index contributed by atoms with van der Waals surface area (Å²) in [5.41, 5.74) is 5.84. The van der Waals surface area contributed by atoms with E-state index in [4.69, 9.17) is 16.7 Å². The summed E-state index contributed by atoms with van der Waals surface area (Å²) in [6.07, 6.45) is 1.39. The maximum atomic E-state index is 10.5. The van der Waals surface area contributed by atoms with E-state index in [0.717, 1.165) is 0 Å². The topological polar surface area (TPSA) is 37.3 Å². The van der Waals surface area contributed by atoms with E-state index in [1.165, 1.54) is 6.08 Å². The Morgan fingerprint density at radius 2 is 2.36 bits per heavy atom. The lowest BCUT2D eigenvalue weighted by molar-refractivity contribution is -0.132. The zero-order valence-corrected chi connectivity index (χ0v) is 6.57. The molecule has 1 aliphatic carbocycles. The summed E-state index contributed by atoms with van der Waals surface area (Å²) in [6.45, 7) is 1.63. The van der Waals surface area contributed by atoms with Gasteiger partial charge in [0.2, 0.25) is 0 Å². The molecule has 1 aliphatic rings. The molecule has 56 valence electrons. The molecular weight excluding hydrogens is 164 g/mol. The molecule has 0 aromatic heterocycles. The minimum absolute atomic E-state index is 0.102. The Morgan fingerprint density at radius 3 is 2.73 bits per heavy atom. The van der Waals surface area contributed by atoms with Gasteiger partial charge in [0.15, 0.2) is 0 Å². The van der Waals surface area contributed by atoms with Crippen molar-refractivity contribution in [2.45, 2.75) is 6.92 Å². The minimum Gasteiger partial charge on any atom is -0.478 e. The smallest absolute Gasteiger partial charge is 0.338 e. The van der Waals surface area contributed by atoms with Crippen LogP contribution in [0.5, 0.6) is 0 Å². The van der Waals surface area contributed by atoms with Crippen molar-refractivity contribution in [3.8, 4) is 0 Å². The second kappa shape index (κ2) is 2.81. The Kier molecular flexibility index (Phi) is 2.02. The number of rotatable bonds is 1. The van der Waals surface area contributed by atoms with E-state index in [1.54, 1.807) is 6.92 Å². The number of hydrogen-bond acceptors (Lipinski definition) is 1. The number of aliphatic carboxylic acids is 1. The van der Waals surface area contributed by atoms with E-state index in [0.29, 0.717) is 5.57 Å². The van der Waals surface area contributed by atoms with Crippen LogP contribution in [-0.2, 0) is 4.79 Å². The molecule has 0 atom stereocenters. The third kappa shape index (κ3) is 1.44.